The second kappa shape index (κ2) is 9.85. The van der Waals surface area contributed by atoms with Gasteiger partial charge in [-0.15, -0.1) is 0 Å². The molecule has 1 amide bonds. The van der Waals surface area contributed by atoms with Crippen molar-refractivity contribution in [3.05, 3.63) is 68.7 Å². The van der Waals surface area contributed by atoms with E-state index >= 15 is 0 Å². The Hall–Kier alpha value is -2.35. The van der Waals surface area contributed by atoms with Gasteiger partial charge in [0, 0.05) is 16.6 Å². The summed E-state index contributed by atoms with van der Waals surface area (Å²) in [5, 5.41) is 11.4. The maximum absolute atomic E-state index is 13.0. The smallest absolute Gasteiger partial charge is 0.295 e. The van der Waals surface area contributed by atoms with Gasteiger partial charge in [-0.3, -0.25) is 9.59 Å². The predicted octanol–water partition coefficient (Wildman–Crippen LogP) is 4.48. The minimum atomic E-state index is -0.706. The monoisotopic (exact) mass is 506 g/mol. The van der Waals surface area contributed by atoms with Gasteiger partial charge in [0.2, 0.25) is 0 Å². The number of aliphatic hydroxyl groups excluding tert-OH is 1. The highest BCUT2D eigenvalue weighted by Crippen LogP contribution is 2.40. The standard InChI is InChI=1S/C23H24BrClN2O4/c1-26(2)11-4-12-27-20(14-5-8-16(24)9-6-14)19(22(29)23(27)30)21(28)15-7-10-18(31-3)17(25)13-15/h5-10,13,20,28H,4,11-12H2,1-3H3/b21-19+/t20-/m0/s1. The third-order valence-corrected chi connectivity index (χ3v) is 5.98. The van der Waals surface area contributed by atoms with Crippen LogP contribution in [0.15, 0.2) is 52.5 Å². The number of carbonyl (C=O) groups is 2. The Kier molecular flexibility index (Phi) is 7.41. The maximum Gasteiger partial charge on any atom is 0.295 e. The first kappa shape index (κ1) is 23.3. The predicted molar refractivity (Wildman–Crippen MR) is 124 cm³/mol. The van der Waals surface area contributed by atoms with Crippen LogP contribution in [0.2, 0.25) is 5.02 Å². The highest BCUT2D eigenvalue weighted by molar-refractivity contribution is 9.10. The molecule has 1 aliphatic heterocycles. The normalized spacial score (nSPS) is 18.1. The third-order valence-electron chi connectivity index (χ3n) is 5.16. The summed E-state index contributed by atoms with van der Waals surface area (Å²) in [4.78, 5) is 29.5. The van der Waals surface area contributed by atoms with Crippen LogP contribution in [-0.4, -0.2) is 60.9 Å². The molecule has 164 valence electrons. The van der Waals surface area contributed by atoms with E-state index in [2.05, 4.69) is 15.9 Å². The van der Waals surface area contributed by atoms with E-state index in [-0.39, 0.29) is 11.3 Å². The van der Waals surface area contributed by atoms with Crippen molar-refractivity contribution in [3.8, 4) is 5.75 Å². The molecule has 0 bridgehead atoms. The number of Topliss-reactive ketones (excluding diaryl/α,β-unsaturated/α-hetero) is 1. The van der Waals surface area contributed by atoms with Gasteiger partial charge in [-0.2, -0.15) is 0 Å². The molecule has 0 aromatic heterocycles. The molecule has 1 heterocycles. The van der Waals surface area contributed by atoms with Crippen LogP contribution in [0, 0.1) is 0 Å². The van der Waals surface area contributed by atoms with Crippen LogP contribution in [-0.2, 0) is 9.59 Å². The van der Waals surface area contributed by atoms with E-state index in [1.54, 1.807) is 12.1 Å². The lowest BCUT2D eigenvalue weighted by Crippen LogP contribution is -2.32. The summed E-state index contributed by atoms with van der Waals surface area (Å²) in [6.45, 7) is 1.16. The zero-order chi connectivity index (χ0) is 22.7. The van der Waals surface area contributed by atoms with E-state index in [0.717, 1.165) is 16.6 Å². The number of benzene rings is 2. The van der Waals surface area contributed by atoms with Crippen molar-refractivity contribution >= 4 is 45.0 Å². The van der Waals surface area contributed by atoms with Gasteiger partial charge < -0.3 is 19.6 Å². The minimum Gasteiger partial charge on any atom is -0.507 e. The lowest BCUT2D eigenvalue weighted by molar-refractivity contribution is -0.139. The lowest BCUT2D eigenvalue weighted by Gasteiger charge is -2.26. The summed E-state index contributed by atoms with van der Waals surface area (Å²) in [6.07, 6.45) is 0.696. The van der Waals surface area contributed by atoms with Crippen molar-refractivity contribution in [2.75, 3.05) is 34.3 Å². The number of likely N-dealkylation sites (tertiary alicyclic amines) is 1. The van der Waals surface area contributed by atoms with E-state index < -0.39 is 17.7 Å². The van der Waals surface area contributed by atoms with Crippen LogP contribution in [0.25, 0.3) is 5.76 Å². The van der Waals surface area contributed by atoms with Crippen LogP contribution in [0.5, 0.6) is 5.75 Å². The number of rotatable bonds is 7. The molecule has 0 radical (unpaired) electrons. The van der Waals surface area contributed by atoms with E-state index in [4.69, 9.17) is 16.3 Å². The number of aliphatic hydroxyl groups is 1. The Morgan fingerprint density at radius 1 is 1.19 bits per heavy atom. The van der Waals surface area contributed by atoms with Crippen LogP contribution in [0.3, 0.4) is 0 Å². The number of hydrogen-bond acceptors (Lipinski definition) is 5. The van der Waals surface area contributed by atoms with Crippen molar-refractivity contribution in [2.24, 2.45) is 0 Å². The summed E-state index contributed by atoms with van der Waals surface area (Å²) < 4.78 is 6.04. The topological polar surface area (TPSA) is 70.1 Å². The van der Waals surface area contributed by atoms with E-state index in [1.807, 2.05) is 43.3 Å². The van der Waals surface area contributed by atoms with Gasteiger partial charge in [0.1, 0.15) is 11.5 Å². The molecule has 2 aromatic carbocycles. The molecular formula is C23H24BrClN2O4. The molecule has 6 nitrogen and oxygen atoms in total. The first-order valence-electron chi connectivity index (χ1n) is 9.77. The molecule has 8 heteroatoms. The summed E-state index contributed by atoms with van der Waals surface area (Å²) in [7, 11) is 5.40. The number of amides is 1. The van der Waals surface area contributed by atoms with Crippen LogP contribution < -0.4 is 4.74 Å². The molecule has 1 saturated heterocycles. The van der Waals surface area contributed by atoms with E-state index in [1.165, 1.54) is 18.1 Å². The van der Waals surface area contributed by atoms with Gasteiger partial charge in [0.05, 0.1) is 23.7 Å². The number of ether oxygens (including phenoxy) is 1. The second-order valence-electron chi connectivity index (χ2n) is 7.55. The largest absolute Gasteiger partial charge is 0.507 e. The number of methoxy groups -OCH3 is 1. The fourth-order valence-corrected chi connectivity index (χ4v) is 4.15. The first-order valence-corrected chi connectivity index (χ1v) is 10.9. The van der Waals surface area contributed by atoms with Gasteiger partial charge in [0.15, 0.2) is 0 Å². The van der Waals surface area contributed by atoms with Gasteiger partial charge in [-0.25, -0.2) is 0 Å². The summed E-state index contributed by atoms with van der Waals surface area (Å²) >= 11 is 9.62. The zero-order valence-corrected chi connectivity index (χ0v) is 19.9. The quantitative estimate of drug-likeness (QED) is 0.340. The molecular weight excluding hydrogens is 484 g/mol. The summed E-state index contributed by atoms with van der Waals surface area (Å²) in [5.41, 5.74) is 1.14. The molecule has 0 spiro atoms. The number of halogens is 2. The number of carbonyl (C=O) groups excluding carboxylic acids is 2. The Balaban J connectivity index is 2.10. The Bertz CT molecular complexity index is 1020. The molecule has 2 aromatic rings. The van der Waals surface area contributed by atoms with Crippen molar-refractivity contribution in [2.45, 2.75) is 12.5 Å². The SMILES string of the molecule is COc1ccc(/C(O)=C2\C(=O)C(=O)N(CCCN(C)C)[C@H]2c2ccc(Br)cc2)cc1Cl. The van der Waals surface area contributed by atoms with Crippen molar-refractivity contribution in [1.82, 2.24) is 9.80 Å². The van der Waals surface area contributed by atoms with Gasteiger partial charge in [-0.05, 0) is 63.0 Å². The number of ketones is 1. The van der Waals surface area contributed by atoms with Crippen LogP contribution in [0.1, 0.15) is 23.6 Å². The highest BCUT2D eigenvalue weighted by atomic mass is 79.9. The molecule has 1 fully saturated rings. The average molecular weight is 508 g/mol. The fraction of sp³-hybridized carbons (Fsp3) is 0.304. The molecule has 1 N–H and O–H groups in total. The Morgan fingerprint density at radius 3 is 2.45 bits per heavy atom. The molecule has 1 aliphatic rings. The van der Waals surface area contributed by atoms with Gasteiger partial charge in [0.25, 0.3) is 11.7 Å². The Morgan fingerprint density at radius 2 is 1.87 bits per heavy atom. The van der Waals surface area contributed by atoms with Crippen LogP contribution >= 0.6 is 27.5 Å². The average Bonchev–Trinajstić information content (AvgIpc) is 2.98. The van der Waals surface area contributed by atoms with Crippen molar-refractivity contribution in [1.29, 1.82) is 0 Å². The molecule has 1 atom stereocenters. The fourth-order valence-electron chi connectivity index (χ4n) is 3.63. The van der Waals surface area contributed by atoms with E-state index in [9.17, 15) is 14.7 Å². The second-order valence-corrected chi connectivity index (χ2v) is 8.87. The highest BCUT2D eigenvalue weighted by Gasteiger charge is 2.45. The molecule has 0 saturated carbocycles. The summed E-state index contributed by atoms with van der Waals surface area (Å²) in [6, 6.07) is 11.4. The molecule has 3 rings (SSSR count). The van der Waals surface area contributed by atoms with Crippen LogP contribution in [0.4, 0.5) is 0 Å². The van der Waals surface area contributed by atoms with Gasteiger partial charge in [-0.1, -0.05) is 39.7 Å². The van der Waals surface area contributed by atoms with Crippen molar-refractivity contribution in [3.63, 3.8) is 0 Å². The van der Waals surface area contributed by atoms with E-state index in [0.29, 0.717) is 29.3 Å². The number of hydrogen-bond donors (Lipinski definition) is 1. The zero-order valence-electron chi connectivity index (χ0n) is 17.6. The van der Waals surface area contributed by atoms with Crippen molar-refractivity contribution < 1.29 is 19.4 Å². The lowest BCUT2D eigenvalue weighted by atomic mass is 9.95. The minimum absolute atomic E-state index is 0.0541. The first-order chi connectivity index (χ1) is 14.7. The van der Waals surface area contributed by atoms with Gasteiger partial charge >= 0.3 is 0 Å². The Labute approximate surface area is 195 Å². The summed E-state index contributed by atoms with van der Waals surface area (Å²) in [5.74, 6) is -1.13. The third kappa shape index (κ3) is 4.95. The maximum atomic E-state index is 13.0. The molecule has 31 heavy (non-hydrogen) atoms. The molecule has 0 aliphatic carbocycles. The number of nitrogens with zero attached hydrogens (tertiary/aromatic N) is 2. The molecule has 0 unspecified atom stereocenters.